The molecule has 4 nitrogen and oxygen atoms in total. The number of rotatable bonds is 9. The summed E-state index contributed by atoms with van der Waals surface area (Å²) >= 11 is 0. The Hall–Kier alpha value is -0.610. The summed E-state index contributed by atoms with van der Waals surface area (Å²) < 4.78 is 5.00. The standard InChI is InChI=1S/C16H32N2O2/c1-12(2)11-18(13(3)4)10-9-16(5,15(19)20-6)17-14-7-8-14/h12-14,17H,7-11H2,1-6H3. The molecule has 1 saturated carbocycles. The number of esters is 1. The Balaban J connectivity index is 2.61. The molecule has 0 aliphatic heterocycles. The molecule has 20 heavy (non-hydrogen) atoms. The first-order valence-corrected chi connectivity index (χ1v) is 7.88. The van der Waals surface area contributed by atoms with Crippen LogP contribution in [-0.2, 0) is 9.53 Å². The Morgan fingerprint density at radius 1 is 1.35 bits per heavy atom. The summed E-state index contributed by atoms with van der Waals surface area (Å²) in [4.78, 5) is 14.5. The summed E-state index contributed by atoms with van der Waals surface area (Å²) in [5.41, 5.74) is -0.556. The van der Waals surface area contributed by atoms with Crippen molar-refractivity contribution in [3.05, 3.63) is 0 Å². The summed E-state index contributed by atoms with van der Waals surface area (Å²) in [5.74, 6) is 0.496. The van der Waals surface area contributed by atoms with Gasteiger partial charge in [-0.05, 0) is 46.0 Å². The highest BCUT2D eigenvalue weighted by Crippen LogP contribution is 2.25. The number of nitrogens with one attached hydrogen (secondary N) is 1. The third-order valence-electron chi connectivity index (χ3n) is 3.96. The molecule has 0 amide bonds. The van der Waals surface area contributed by atoms with Crippen LogP contribution >= 0.6 is 0 Å². The average molecular weight is 284 g/mol. The number of carbonyl (C=O) groups excluding carboxylic acids is 1. The highest BCUT2D eigenvalue weighted by atomic mass is 16.5. The van der Waals surface area contributed by atoms with Gasteiger partial charge in [0, 0.05) is 25.2 Å². The van der Waals surface area contributed by atoms with Crippen molar-refractivity contribution < 1.29 is 9.53 Å². The number of ether oxygens (including phenoxy) is 1. The summed E-state index contributed by atoms with van der Waals surface area (Å²) in [6, 6.07) is 0.997. The minimum atomic E-state index is -0.556. The van der Waals surface area contributed by atoms with Crippen LogP contribution in [0.4, 0.5) is 0 Å². The van der Waals surface area contributed by atoms with E-state index in [0.717, 1.165) is 19.5 Å². The first-order valence-electron chi connectivity index (χ1n) is 7.88. The van der Waals surface area contributed by atoms with Gasteiger partial charge < -0.3 is 9.64 Å². The molecule has 0 saturated heterocycles. The van der Waals surface area contributed by atoms with Gasteiger partial charge in [-0.15, -0.1) is 0 Å². The van der Waals surface area contributed by atoms with Crippen LogP contribution in [0.15, 0.2) is 0 Å². The van der Waals surface area contributed by atoms with Crippen LogP contribution in [-0.4, -0.2) is 48.7 Å². The van der Waals surface area contributed by atoms with Crippen molar-refractivity contribution in [2.45, 2.75) is 71.5 Å². The molecule has 4 heteroatoms. The van der Waals surface area contributed by atoms with Crippen LogP contribution in [0, 0.1) is 5.92 Å². The molecule has 1 fully saturated rings. The van der Waals surface area contributed by atoms with Gasteiger partial charge in [0.1, 0.15) is 5.54 Å². The van der Waals surface area contributed by atoms with E-state index in [-0.39, 0.29) is 5.97 Å². The molecule has 0 radical (unpaired) electrons. The number of methoxy groups -OCH3 is 1. The van der Waals surface area contributed by atoms with Gasteiger partial charge in [0.15, 0.2) is 0 Å². The van der Waals surface area contributed by atoms with Crippen molar-refractivity contribution in [3.8, 4) is 0 Å². The van der Waals surface area contributed by atoms with E-state index < -0.39 is 5.54 Å². The minimum Gasteiger partial charge on any atom is -0.468 e. The molecule has 0 spiro atoms. The zero-order chi connectivity index (χ0) is 15.3. The van der Waals surface area contributed by atoms with Crippen molar-refractivity contribution in [2.75, 3.05) is 20.2 Å². The second-order valence-electron chi connectivity index (χ2n) is 6.97. The fraction of sp³-hybridized carbons (Fsp3) is 0.938. The molecule has 0 bridgehead atoms. The molecule has 0 aromatic heterocycles. The van der Waals surface area contributed by atoms with Crippen LogP contribution in [0.1, 0.15) is 53.9 Å². The normalized spacial score (nSPS) is 18.6. The van der Waals surface area contributed by atoms with E-state index in [9.17, 15) is 4.79 Å². The molecule has 0 aromatic rings. The smallest absolute Gasteiger partial charge is 0.325 e. The summed E-state index contributed by atoms with van der Waals surface area (Å²) in [5, 5.41) is 3.46. The highest BCUT2D eigenvalue weighted by molar-refractivity contribution is 5.80. The first kappa shape index (κ1) is 17.4. The molecular weight excluding hydrogens is 252 g/mol. The molecule has 1 atom stereocenters. The molecule has 0 aromatic carbocycles. The summed E-state index contributed by atoms with van der Waals surface area (Å²) in [7, 11) is 1.48. The number of carbonyl (C=O) groups is 1. The zero-order valence-corrected chi connectivity index (χ0v) is 14.0. The van der Waals surface area contributed by atoms with Gasteiger partial charge in [0.25, 0.3) is 0 Å². The second-order valence-corrected chi connectivity index (χ2v) is 6.97. The first-order chi connectivity index (χ1) is 9.28. The van der Waals surface area contributed by atoms with Gasteiger partial charge in [-0.2, -0.15) is 0 Å². The number of nitrogens with zero attached hydrogens (tertiary/aromatic N) is 1. The van der Waals surface area contributed by atoms with Crippen LogP contribution in [0.25, 0.3) is 0 Å². The minimum absolute atomic E-state index is 0.141. The van der Waals surface area contributed by atoms with Gasteiger partial charge in [-0.25, -0.2) is 0 Å². The highest BCUT2D eigenvalue weighted by Gasteiger charge is 2.39. The van der Waals surface area contributed by atoms with Gasteiger partial charge in [0.05, 0.1) is 7.11 Å². The lowest BCUT2D eigenvalue weighted by Crippen LogP contribution is -2.53. The fourth-order valence-corrected chi connectivity index (χ4v) is 2.53. The number of hydrogen-bond acceptors (Lipinski definition) is 4. The van der Waals surface area contributed by atoms with Crippen molar-refractivity contribution >= 4 is 5.97 Å². The lowest BCUT2D eigenvalue weighted by Gasteiger charge is -2.34. The van der Waals surface area contributed by atoms with E-state index in [1.54, 1.807) is 0 Å². The second kappa shape index (κ2) is 7.41. The van der Waals surface area contributed by atoms with Crippen LogP contribution in [0.5, 0.6) is 0 Å². The fourth-order valence-electron chi connectivity index (χ4n) is 2.53. The van der Waals surface area contributed by atoms with Crippen LogP contribution in [0.2, 0.25) is 0 Å². The predicted molar refractivity (Wildman–Crippen MR) is 82.7 cm³/mol. The average Bonchev–Trinajstić information content (AvgIpc) is 3.16. The van der Waals surface area contributed by atoms with E-state index >= 15 is 0 Å². The Morgan fingerprint density at radius 3 is 2.35 bits per heavy atom. The molecule has 1 N–H and O–H groups in total. The number of hydrogen-bond donors (Lipinski definition) is 1. The molecule has 1 unspecified atom stereocenters. The van der Waals surface area contributed by atoms with Gasteiger partial charge in [0.2, 0.25) is 0 Å². The quantitative estimate of drug-likeness (QED) is 0.660. The third kappa shape index (κ3) is 5.41. The molecular formula is C16H32N2O2. The molecule has 1 aliphatic carbocycles. The van der Waals surface area contributed by atoms with Crippen molar-refractivity contribution in [2.24, 2.45) is 5.92 Å². The van der Waals surface area contributed by atoms with E-state index in [1.807, 2.05) is 6.92 Å². The van der Waals surface area contributed by atoms with Crippen LogP contribution < -0.4 is 5.32 Å². The zero-order valence-electron chi connectivity index (χ0n) is 14.0. The van der Waals surface area contributed by atoms with E-state index in [2.05, 4.69) is 37.9 Å². The third-order valence-corrected chi connectivity index (χ3v) is 3.96. The summed E-state index contributed by atoms with van der Waals surface area (Å²) in [6.45, 7) is 12.9. The van der Waals surface area contributed by atoms with Gasteiger partial charge >= 0.3 is 5.97 Å². The van der Waals surface area contributed by atoms with Gasteiger partial charge in [-0.3, -0.25) is 10.1 Å². The van der Waals surface area contributed by atoms with Crippen molar-refractivity contribution in [1.29, 1.82) is 0 Å². The Kier molecular flexibility index (Phi) is 6.46. The Morgan fingerprint density at radius 2 is 1.95 bits per heavy atom. The Labute approximate surface area is 124 Å². The predicted octanol–water partition coefficient (Wildman–Crippen LogP) is 2.43. The SMILES string of the molecule is COC(=O)C(C)(CCN(CC(C)C)C(C)C)NC1CC1. The molecule has 0 heterocycles. The van der Waals surface area contributed by atoms with E-state index in [0.29, 0.717) is 18.0 Å². The molecule has 118 valence electrons. The van der Waals surface area contributed by atoms with E-state index in [4.69, 9.17) is 4.74 Å². The lowest BCUT2D eigenvalue weighted by atomic mass is 9.96. The lowest BCUT2D eigenvalue weighted by molar-refractivity contribution is -0.148. The molecule has 1 rings (SSSR count). The Bertz CT molecular complexity index is 314. The summed E-state index contributed by atoms with van der Waals surface area (Å²) in [6.07, 6.45) is 3.14. The van der Waals surface area contributed by atoms with Crippen LogP contribution in [0.3, 0.4) is 0 Å². The van der Waals surface area contributed by atoms with Gasteiger partial charge in [-0.1, -0.05) is 13.8 Å². The van der Waals surface area contributed by atoms with E-state index in [1.165, 1.54) is 20.0 Å². The largest absolute Gasteiger partial charge is 0.468 e. The van der Waals surface area contributed by atoms with Crippen molar-refractivity contribution in [1.82, 2.24) is 10.2 Å². The maximum absolute atomic E-state index is 12.1. The maximum atomic E-state index is 12.1. The molecule has 1 aliphatic rings. The van der Waals surface area contributed by atoms with Crippen molar-refractivity contribution in [3.63, 3.8) is 0 Å². The topological polar surface area (TPSA) is 41.6 Å². The monoisotopic (exact) mass is 284 g/mol. The maximum Gasteiger partial charge on any atom is 0.325 e.